The maximum absolute atomic E-state index is 13.0. The van der Waals surface area contributed by atoms with Crippen LogP contribution in [0.4, 0.5) is 11.4 Å². The summed E-state index contributed by atoms with van der Waals surface area (Å²) in [6, 6.07) is 26.3. The molecule has 184 valence electrons. The van der Waals surface area contributed by atoms with Crippen LogP contribution in [0.15, 0.2) is 103 Å². The van der Waals surface area contributed by atoms with Crippen LogP contribution in [0.5, 0.6) is 11.5 Å². The highest BCUT2D eigenvalue weighted by molar-refractivity contribution is 7.92. The Kier molecular flexibility index (Phi) is 7.65. The zero-order valence-electron chi connectivity index (χ0n) is 20.0. The second kappa shape index (κ2) is 11.0. The molecule has 1 heterocycles. The Bertz CT molecular complexity index is 1390. The van der Waals surface area contributed by atoms with Crippen molar-refractivity contribution in [3.05, 3.63) is 115 Å². The van der Waals surface area contributed by atoms with Crippen molar-refractivity contribution in [1.29, 1.82) is 0 Å². The normalized spacial score (nSPS) is 11.9. The largest absolute Gasteiger partial charge is 0.457 e. The van der Waals surface area contributed by atoms with Crippen molar-refractivity contribution in [2.75, 3.05) is 15.9 Å². The lowest BCUT2D eigenvalue weighted by molar-refractivity contribution is -0.116. The third-order valence-corrected chi connectivity index (χ3v) is 6.78. The molecule has 3 aromatic carbocycles. The van der Waals surface area contributed by atoms with Crippen LogP contribution in [0.3, 0.4) is 0 Å². The van der Waals surface area contributed by atoms with Gasteiger partial charge >= 0.3 is 0 Å². The number of carbonyl (C=O) groups excluding carboxylic acids is 1. The van der Waals surface area contributed by atoms with Gasteiger partial charge in [-0.2, -0.15) is 0 Å². The minimum atomic E-state index is -3.74. The first-order chi connectivity index (χ1) is 17.3. The van der Waals surface area contributed by atoms with E-state index in [9.17, 15) is 13.2 Å². The van der Waals surface area contributed by atoms with Gasteiger partial charge in [0.1, 0.15) is 17.5 Å². The summed E-state index contributed by atoms with van der Waals surface area (Å²) in [7, 11) is -3.74. The van der Waals surface area contributed by atoms with Gasteiger partial charge in [0.15, 0.2) is 0 Å². The molecule has 0 saturated heterocycles. The van der Waals surface area contributed by atoms with Crippen LogP contribution in [0.2, 0.25) is 0 Å². The number of aromatic nitrogens is 1. The van der Waals surface area contributed by atoms with Crippen LogP contribution >= 0.6 is 0 Å². The van der Waals surface area contributed by atoms with E-state index in [4.69, 9.17) is 4.74 Å². The summed E-state index contributed by atoms with van der Waals surface area (Å²) in [5, 5.41) is 2.82. The number of anilines is 2. The monoisotopic (exact) mass is 501 g/mol. The Morgan fingerprint density at radius 1 is 0.861 bits per heavy atom. The van der Waals surface area contributed by atoms with Gasteiger partial charge in [-0.1, -0.05) is 30.3 Å². The summed E-state index contributed by atoms with van der Waals surface area (Å²) in [6.07, 6.45) is 5.34. The number of para-hydroxylation sites is 1. The number of pyridine rings is 1. The Hall–Kier alpha value is -4.17. The summed E-state index contributed by atoms with van der Waals surface area (Å²) in [6.45, 7) is 1.56. The second-order valence-corrected chi connectivity index (χ2v) is 10.2. The molecule has 1 unspecified atom stereocenters. The second-order valence-electron chi connectivity index (χ2n) is 8.36. The molecular formula is C28H27N3O4S. The summed E-state index contributed by atoms with van der Waals surface area (Å²) < 4.78 is 32.2. The smallest absolute Gasteiger partial charge is 0.247 e. The van der Waals surface area contributed by atoms with Gasteiger partial charge in [-0.3, -0.25) is 14.1 Å². The van der Waals surface area contributed by atoms with E-state index < -0.39 is 22.0 Å². The molecule has 0 aliphatic rings. The van der Waals surface area contributed by atoms with Gasteiger partial charge in [0, 0.05) is 18.1 Å². The predicted molar refractivity (Wildman–Crippen MR) is 142 cm³/mol. The van der Waals surface area contributed by atoms with Gasteiger partial charge in [-0.15, -0.1) is 0 Å². The number of benzene rings is 3. The molecule has 0 spiro atoms. The Labute approximate surface area is 211 Å². The number of amides is 1. The quantitative estimate of drug-likeness (QED) is 0.338. The van der Waals surface area contributed by atoms with Gasteiger partial charge in [-0.05, 0) is 85.1 Å². The Morgan fingerprint density at radius 2 is 1.44 bits per heavy atom. The van der Waals surface area contributed by atoms with Crippen molar-refractivity contribution in [1.82, 2.24) is 4.98 Å². The van der Waals surface area contributed by atoms with E-state index in [0.717, 1.165) is 28.1 Å². The van der Waals surface area contributed by atoms with Crippen LogP contribution in [0, 0.1) is 0 Å². The molecule has 8 heteroatoms. The molecule has 4 aromatic rings. The predicted octanol–water partition coefficient (Wildman–Crippen LogP) is 5.26. The molecule has 0 saturated carbocycles. The fraction of sp³-hybridized carbons (Fsp3) is 0.143. The van der Waals surface area contributed by atoms with Crippen molar-refractivity contribution in [2.24, 2.45) is 0 Å². The number of hydrogen-bond acceptors (Lipinski definition) is 5. The minimum absolute atomic E-state index is 0.369. The van der Waals surface area contributed by atoms with Crippen molar-refractivity contribution in [3.8, 4) is 11.5 Å². The lowest BCUT2D eigenvalue weighted by atomic mass is 10.1. The van der Waals surface area contributed by atoms with Gasteiger partial charge in [0.05, 0.1) is 11.9 Å². The molecule has 1 aromatic heterocycles. The van der Waals surface area contributed by atoms with Crippen LogP contribution in [-0.2, 0) is 21.2 Å². The van der Waals surface area contributed by atoms with E-state index in [0.29, 0.717) is 22.9 Å². The van der Waals surface area contributed by atoms with Crippen LogP contribution in [0.1, 0.15) is 18.1 Å². The molecule has 1 atom stereocenters. The molecule has 1 N–H and O–H groups in total. The minimum Gasteiger partial charge on any atom is -0.457 e. The highest BCUT2D eigenvalue weighted by Crippen LogP contribution is 2.27. The summed E-state index contributed by atoms with van der Waals surface area (Å²) >= 11 is 0. The number of carbonyl (C=O) groups is 1. The lowest BCUT2D eigenvalue weighted by Gasteiger charge is -2.28. The first-order valence-electron chi connectivity index (χ1n) is 11.4. The number of nitrogens with one attached hydrogen (secondary N) is 1. The molecule has 0 fully saturated rings. The number of nitrogens with zero attached hydrogens (tertiary/aromatic N) is 2. The summed E-state index contributed by atoms with van der Waals surface area (Å²) in [5.74, 6) is 0.791. The first kappa shape index (κ1) is 24.9. The number of hydrogen-bond donors (Lipinski definition) is 1. The van der Waals surface area contributed by atoms with E-state index in [1.54, 1.807) is 43.6 Å². The maximum atomic E-state index is 13.0. The number of sulfonamides is 1. The molecule has 4 rings (SSSR count). The number of ether oxygens (including phenoxy) is 1. The maximum Gasteiger partial charge on any atom is 0.247 e. The third kappa shape index (κ3) is 6.49. The fourth-order valence-corrected chi connectivity index (χ4v) is 4.96. The summed E-state index contributed by atoms with van der Waals surface area (Å²) in [5.41, 5.74) is 3.18. The first-order valence-corrected chi connectivity index (χ1v) is 13.3. The fourth-order valence-electron chi connectivity index (χ4n) is 3.78. The number of rotatable bonds is 9. The highest BCUT2D eigenvalue weighted by Gasteiger charge is 2.29. The Morgan fingerprint density at radius 3 is 2.06 bits per heavy atom. The van der Waals surface area contributed by atoms with Crippen LogP contribution in [-0.4, -0.2) is 31.6 Å². The lowest BCUT2D eigenvalue weighted by Crippen LogP contribution is -2.45. The molecule has 0 bridgehead atoms. The molecule has 0 aliphatic carbocycles. The molecule has 7 nitrogen and oxygen atoms in total. The highest BCUT2D eigenvalue weighted by atomic mass is 32.2. The molecule has 36 heavy (non-hydrogen) atoms. The average Bonchev–Trinajstić information content (AvgIpc) is 2.87. The van der Waals surface area contributed by atoms with Crippen molar-refractivity contribution >= 4 is 27.3 Å². The topological polar surface area (TPSA) is 88.6 Å². The van der Waals surface area contributed by atoms with Crippen LogP contribution in [0.25, 0.3) is 0 Å². The van der Waals surface area contributed by atoms with E-state index in [-0.39, 0.29) is 0 Å². The SMILES string of the molecule is CC(C(=O)Nc1ccc(Cc2ccncc2)cc1)N(c1ccc(Oc2ccccc2)cc1)S(C)(=O)=O. The van der Waals surface area contributed by atoms with Crippen molar-refractivity contribution in [2.45, 2.75) is 19.4 Å². The van der Waals surface area contributed by atoms with E-state index in [2.05, 4.69) is 10.3 Å². The van der Waals surface area contributed by atoms with E-state index in [1.165, 1.54) is 0 Å². The molecule has 1 amide bonds. The van der Waals surface area contributed by atoms with Crippen LogP contribution < -0.4 is 14.4 Å². The van der Waals surface area contributed by atoms with Gasteiger partial charge < -0.3 is 10.1 Å². The Balaban J connectivity index is 1.45. The standard InChI is InChI=1S/C28H27N3O4S/c1-21(28(32)30-24-10-8-22(9-11-24)20-23-16-18-29-19-17-23)31(36(2,33)34)25-12-14-27(15-13-25)35-26-6-4-3-5-7-26/h3-19,21H,20H2,1-2H3,(H,30,32). The van der Waals surface area contributed by atoms with Gasteiger partial charge in [0.2, 0.25) is 15.9 Å². The zero-order valence-corrected chi connectivity index (χ0v) is 20.9. The van der Waals surface area contributed by atoms with Crippen molar-refractivity contribution < 1.29 is 17.9 Å². The molecule has 0 aliphatic heterocycles. The zero-order chi connectivity index (χ0) is 25.5. The molecule has 0 radical (unpaired) electrons. The van der Waals surface area contributed by atoms with Gasteiger partial charge in [0.25, 0.3) is 0 Å². The third-order valence-electron chi connectivity index (χ3n) is 5.54. The van der Waals surface area contributed by atoms with E-state index in [1.807, 2.05) is 66.7 Å². The van der Waals surface area contributed by atoms with Gasteiger partial charge in [-0.25, -0.2) is 8.42 Å². The van der Waals surface area contributed by atoms with Crippen molar-refractivity contribution in [3.63, 3.8) is 0 Å². The average molecular weight is 502 g/mol. The van der Waals surface area contributed by atoms with E-state index >= 15 is 0 Å². The molecular weight excluding hydrogens is 474 g/mol. The summed E-state index contributed by atoms with van der Waals surface area (Å²) in [4.78, 5) is 17.0.